The molecule has 84 valence electrons. The molecule has 0 saturated heterocycles. The van der Waals surface area contributed by atoms with Gasteiger partial charge in [0.25, 0.3) is 0 Å². The van der Waals surface area contributed by atoms with E-state index in [1.54, 1.807) is 0 Å². The number of hydrogen-bond donors (Lipinski definition) is 1. The summed E-state index contributed by atoms with van der Waals surface area (Å²) in [5.74, 6) is -0.369. The van der Waals surface area contributed by atoms with Gasteiger partial charge >= 0.3 is 5.97 Å². The van der Waals surface area contributed by atoms with E-state index in [1.165, 1.54) is 0 Å². The van der Waals surface area contributed by atoms with Gasteiger partial charge in [0, 0.05) is 5.54 Å². The molecule has 0 rings (SSSR count). The van der Waals surface area contributed by atoms with E-state index in [4.69, 9.17) is 5.11 Å². The first-order chi connectivity index (χ1) is 6.38. The van der Waals surface area contributed by atoms with Gasteiger partial charge in [-0.3, -0.25) is 9.69 Å². The highest BCUT2D eigenvalue weighted by atomic mass is 16.4. The molecule has 0 bridgehead atoms. The molecule has 0 aromatic carbocycles. The highest BCUT2D eigenvalue weighted by Crippen LogP contribution is 2.28. The van der Waals surface area contributed by atoms with E-state index in [2.05, 4.69) is 32.6 Å². The second-order valence-electron chi connectivity index (χ2n) is 4.25. The summed E-state index contributed by atoms with van der Waals surface area (Å²) in [4.78, 5) is 13.1. The maximum absolute atomic E-state index is 10.8. The third-order valence-corrected chi connectivity index (χ3v) is 3.24. The molecule has 14 heavy (non-hydrogen) atoms. The van der Waals surface area contributed by atoms with Crippen LogP contribution >= 0.6 is 0 Å². The Balaban J connectivity index is 4.77. The van der Waals surface area contributed by atoms with Crippen molar-refractivity contribution in [3.63, 3.8) is 0 Å². The Morgan fingerprint density at radius 2 is 1.79 bits per heavy atom. The first-order valence-electron chi connectivity index (χ1n) is 5.35. The van der Waals surface area contributed by atoms with Crippen LogP contribution in [-0.4, -0.2) is 34.6 Å². The zero-order valence-electron chi connectivity index (χ0n) is 10.0. The Morgan fingerprint density at radius 1 is 1.36 bits per heavy atom. The molecule has 3 nitrogen and oxygen atoms in total. The van der Waals surface area contributed by atoms with Crippen molar-refractivity contribution in [3.05, 3.63) is 0 Å². The van der Waals surface area contributed by atoms with Gasteiger partial charge in [-0.05, 0) is 25.9 Å². The summed E-state index contributed by atoms with van der Waals surface area (Å²) in [5.41, 5.74) is -0.227. The van der Waals surface area contributed by atoms with Crippen molar-refractivity contribution in [1.82, 2.24) is 4.90 Å². The summed E-state index contributed by atoms with van der Waals surface area (Å²) < 4.78 is 0. The average molecular weight is 201 g/mol. The molecule has 0 aromatic heterocycles. The average Bonchev–Trinajstić information content (AvgIpc) is 2.04. The smallest absolute Gasteiger partial charge is 0.305 e. The molecule has 1 atom stereocenters. The quantitative estimate of drug-likeness (QED) is 0.716. The fourth-order valence-electron chi connectivity index (χ4n) is 1.93. The van der Waals surface area contributed by atoms with Gasteiger partial charge < -0.3 is 5.11 Å². The Kier molecular flexibility index (Phi) is 5.13. The second-order valence-corrected chi connectivity index (χ2v) is 4.25. The summed E-state index contributed by atoms with van der Waals surface area (Å²) >= 11 is 0. The minimum atomic E-state index is -0.715. The molecule has 0 amide bonds. The molecule has 0 aliphatic heterocycles. The minimum Gasteiger partial charge on any atom is -0.481 e. The van der Waals surface area contributed by atoms with E-state index in [0.717, 1.165) is 13.1 Å². The van der Waals surface area contributed by atoms with Crippen LogP contribution in [-0.2, 0) is 4.79 Å². The molecule has 3 heteroatoms. The van der Waals surface area contributed by atoms with Gasteiger partial charge in [0.15, 0.2) is 0 Å². The number of nitrogens with zero attached hydrogens (tertiary/aromatic N) is 1. The van der Waals surface area contributed by atoms with Crippen LogP contribution < -0.4 is 0 Å². The Labute approximate surface area is 87.1 Å². The van der Waals surface area contributed by atoms with Crippen molar-refractivity contribution >= 4 is 5.97 Å². The van der Waals surface area contributed by atoms with E-state index in [0.29, 0.717) is 5.92 Å². The number of rotatable bonds is 6. The number of aliphatic carboxylic acids is 1. The molecule has 0 spiro atoms. The zero-order valence-corrected chi connectivity index (χ0v) is 10.0. The topological polar surface area (TPSA) is 40.5 Å². The van der Waals surface area contributed by atoms with Gasteiger partial charge in [-0.2, -0.15) is 0 Å². The molecular formula is C11H23NO2. The number of carboxylic acid groups (broad SMARTS) is 1. The molecule has 1 N–H and O–H groups in total. The van der Waals surface area contributed by atoms with Gasteiger partial charge in [-0.25, -0.2) is 0 Å². The largest absolute Gasteiger partial charge is 0.481 e. The summed E-state index contributed by atoms with van der Waals surface area (Å²) in [6, 6.07) is 0. The van der Waals surface area contributed by atoms with Crippen molar-refractivity contribution in [2.75, 3.05) is 13.1 Å². The molecule has 1 unspecified atom stereocenters. The predicted octanol–water partition coefficient (Wildman–Crippen LogP) is 2.22. The fourth-order valence-corrected chi connectivity index (χ4v) is 1.93. The highest BCUT2D eigenvalue weighted by molar-refractivity contribution is 5.68. The standard InChI is InChI=1S/C11H23NO2/c1-6-12(7-2)11(5,9(3)4)8-10(13)14/h9H,6-8H2,1-5H3,(H,13,14). The van der Waals surface area contributed by atoms with Crippen LogP contribution in [0.1, 0.15) is 41.0 Å². The summed E-state index contributed by atoms with van der Waals surface area (Å²) in [6.07, 6.45) is 0.215. The third kappa shape index (κ3) is 2.98. The van der Waals surface area contributed by atoms with Crippen LogP contribution in [0.3, 0.4) is 0 Å². The van der Waals surface area contributed by atoms with E-state index >= 15 is 0 Å². The van der Waals surface area contributed by atoms with Crippen LogP contribution in [0.4, 0.5) is 0 Å². The molecular weight excluding hydrogens is 178 g/mol. The molecule has 0 aliphatic carbocycles. The molecule has 0 fully saturated rings. The lowest BCUT2D eigenvalue weighted by Crippen LogP contribution is -2.51. The second kappa shape index (κ2) is 5.35. The van der Waals surface area contributed by atoms with E-state index in [-0.39, 0.29) is 12.0 Å². The van der Waals surface area contributed by atoms with Crippen molar-refractivity contribution < 1.29 is 9.90 Å². The molecule has 0 heterocycles. The number of carbonyl (C=O) groups is 1. The van der Waals surface area contributed by atoms with Crippen LogP contribution in [0.2, 0.25) is 0 Å². The van der Waals surface area contributed by atoms with Gasteiger partial charge in [0.05, 0.1) is 6.42 Å². The fraction of sp³-hybridized carbons (Fsp3) is 0.909. The van der Waals surface area contributed by atoms with Gasteiger partial charge in [-0.1, -0.05) is 27.7 Å². The molecule has 0 saturated carbocycles. The summed E-state index contributed by atoms with van der Waals surface area (Å²) in [5, 5.41) is 8.91. The molecule has 0 aliphatic rings. The van der Waals surface area contributed by atoms with Crippen molar-refractivity contribution in [2.45, 2.75) is 46.6 Å². The van der Waals surface area contributed by atoms with E-state index in [9.17, 15) is 4.79 Å². The van der Waals surface area contributed by atoms with E-state index in [1.807, 2.05) is 6.92 Å². The zero-order chi connectivity index (χ0) is 11.4. The number of carboxylic acids is 1. The van der Waals surface area contributed by atoms with Crippen LogP contribution in [0.25, 0.3) is 0 Å². The molecule has 0 radical (unpaired) electrons. The maximum Gasteiger partial charge on any atom is 0.305 e. The summed E-state index contributed by atoms with van der Waals surface area (Å²) in [7, 11) is 0. The third-order valence-electron chi connectivity index (χ3n) is 3.24. The van der Waals surface area contributed by atoms with Gasteiger partial charge in [0.1, 0.15) is 0 Å². The first kappa shape index (κ1) is 13.4. The summed E-state index contributed by atoms with van der Waals surface area (Å²) in [6.45, 7) is 12.2. The van der Waals surface area contributed by atoms with Crippen LogP contribution in [0.15, 0.2) is 0 Å². The Hall–Kier alpha value is -0.570. The Morgan fingerprint density at radius 3 is 2.00 bits per heavy atom. The SMILES string of the molecule is CCN(CC)C(C)(CC(=O)O)C(C)C. The Bertz CT molecular complexity index is 188. The lowest BCUT2D eigenvalue weighted by Gasteiger charge is -2.42. The monoisotopic (exact) mass is 201 g/mol. The molecule has 0 aromatic rings. The minimum absolute atomic E-state index is 0.215. The lowest BCUT2D eigenvalue weighted by atomic mass is 9.83. The maximum atomic E-state index is 10.8. The van der Waals surface area contributed by atoms with Gasteiger partial charge in [-0.15, -0.1) is 0 Å². The number of hydrogen-bond acceptors (Lipinski definition) is 2. The van der Waals surface area contributed by atoms with Crippen molar-refractivity contribution in [1.29, 1.82) is 0 Å². The van der Waals surface area contributed by atoms with Crippen LogP contribution in [0, 0.1) is 5.92 Å². The lowest BCUT2D eigenvalue weighted by molar-refractivity contribution is -0.141. The predicted molar refractivity (Wildman–Crippen MR) is 58.4 cm³/mol. The normalized spacial score (nSPS) is 15.9. The van der Waals surface area contributed by atoms with E-state index < -0.39 is 5.97 Å². The highest BCUT2D eigenvalue weighted by Gasteiger charge is 2.35. The van der Waals surface area contributed by atoms with Crippen molar-refractivity contribution in [3.8, 4) is 0 Å². The van der Waals surface area contributed by atoms with Gasteiger partial charge in [0.2, 0.25) is 0 Å². The first-order valence-corrected chi connectivity index (χ1v) is 5.35. The van der Waals surface area contributed by atoms with Crippen LogP contribution in [0.5, 0.6) is 0 Å². The van der Waals surface area contributed by atoms with Crippen molar-refractivity contribution in [2.24, 2.45) is 5.92 Å².